The Balaban J connectivity index is 2.48. The molecule has 86 valence electrons. The van der Waals surface area contributed by atoms with E-state index in [1.165, 1.54) is 12.1 Å². The van der Waals surface area contributed by atoms with Gasteiger partial charge in [-0.05, 0) is 24.5 Å². The Morgan fingerprint density at radius 1 is 1.31 bits per heavy atom. The molecule has 0 radical (unpaired) electrons. The van der Waals surface area contributed by atoms with Crippen molar-refractivity contribution in [3.05, 3.63) is 29.6 Å². The molecule has 0 amide bonds. The summed E-state index contributed by atoms with van der Waals surface area (Å²) in [5.74, 6) is -1.58. The zero-order chi connectivity index (χ0) is 11.8. The van der Waals surface area contributed by atoms with Gasteiger partial charge in [-0.15, -0.1) is 0 Å². The van der Waals surface area contributed by atoms with E-state index < -0.39 is 18.7 Å². The quantitative estimate of drug-likeness (QED) is 0.681. The summed E-state index contributed by atoms with van der Waals surface area (Å²) in [5, 5.41) is 18.4. The van der Waals surface area contributed by atoms with Crippen LogP contribution in [0.4, 0.5) is 4.39 Å². The van der Waals surface area contributed by atoms with Crippen LogP contribution in [0.15, 0.2) is 18.2 Å². The highest BCUT2D eigenvalue weighted by Crippen LogP contribution is 2.30. The molecule has 1 heterocycles. The van der Waals surface area contributed by atoms with Crippen molar-refractivity contribution in [2.75, 3.05) is 13.2 Å². The summed E-state index contributed by atoms with van der Waals surface area (Å²) in [7, 11) is -1.68. The van der Waals surface area contributed by atoms with E-state index in [0.29, 0.717) is 18.8 Å². The lowest BCUT2D eigenvalue weighted by molar-refractivity contribution is -0.149. The molecule has 16 heavy (non-hydrogen) atoms. The van der Waals surface area contributed by atoms with Crippen LogP contribution in [-0.4, -0.2) is 30.4 Å². The highest BCUT2D eigenvalue weighted by atomic mass is 19.1. The molecule has 1 saturated heterocycles. The van der Waals surface area contributed by atoms with Gasteiger partial charge >= 0.3 is 7.12 Å². The Kier molecular flexibility index (Phi) is 2.99. The van der Waals surface area contributed by atoms with Crippen molar-refractivity contribution in [1.82, 2.24) is 0 Å². The third-order valence-corrected chi connectivity index (χ3v) is 2.62. The van der Waals surface area contributed by atoms with Crippen LogP contribution >= 0.6 is 0 Å². The molecule has 0 aliphatic carbocycles. The summed E-state index contributed by atoms with van der Waals surface area (Å²) in [6.07, 6.45) is 0. The van der Waals surface area contributed by atoms with Crippen molar-refractivity contribution in [1.29, 1.82) is 0 Å². The van der Waals surface area contributed by atoms with Crippen molar-refractivity contribution in [3.63, 3.8) is 0 Å². The van der Waals surface area contributed by atoms with E-state index in [1.807, 2.05) is 0 Å². The number of benzene rings is 1. The van der Waals surface area contributed by atoms with Gasteiger partial charge < -0.3 is 19.5 Å². The summed E-state index contributed by atoms with van der Waals surface area (Å²) >= 11 is 0. The Bertz CT molecular complexity index is 390. The van der Waals surface area contributed by atoms with Gasteiger partial charge in [0.1, 0.15) is 5.82 Å². The molecule has 0 aromatic heterocycles. The lowest BCUT2D eigenvalue weighted by atomic mass is 9.75. The van der Waals surface area contributed by atoms with Gasteiger partial charge in [0, 0.05) is 5.56 Å². The Hall–Kier alpha value is -0.945. The van der Waals surface area contributed by atoms with E-state index in [4.69, 9.17) is 9.47 Å². The third-order valence-electron chi connectivity index (χ3n) is 2.62. The number of halogens is 1. The summed E-state index contributed by atoms with van der Waals surface area (Å²) in [5.41, 5.74) is 0.491. The largest absolute Gasteiger partial charge is 0.488 e. The Morgan fingerprint density at radius 3 is 2.50 bits per heavy atom. The summed E-state index contributed by atoms with van der Waals surface area (Å²) in [6.45, 7) is 2.42. The molecule has 1 aliphatic heterocycles. The minimum atomic E-state index is -1.68. The van der Waals surface area contributed by atoms with Gasteiger partial charge in [-0.3, -0.25) is 0 Å². The maximum atomic E-state index is 13.2. The molecule has 2 N–H and O–H groups in total. The Labute approximate surface area is 92.8 Å². The molecule has 0 spiro atoms. The van der Waals surface area contributed by atoms with Crippen molar-refractivity contribution in [3.8, 4) is 0 Å². The number of rotatable bonds is 2. The fraction of sp³-hybridized carbons (Fsp3) is 0.400. The molecule has 2 rings (SSSR count). The van der Waals surface area contributed by atoms with Crippen LogP contribution in [-0.2, 0) is 15.3 Å². The molecular formula is C10H12BFO4. The molecule has 1 aliphatic rings. The average Bonchev–Trinajstić information content (AvgIpc) is 2.66. The monoisotopic (exact) mass is 226 g/mol. The van der Waals surface area contributed by atoms with Gasteiger partial charge in [-0.1, -0.05) is 6.07 Å². The maximum Gasteiger partial charge on any atom is 0.488 e. The van der Waals surface area contributed by atoms with Crippen LogP contribution in [0.25, 0.3) is 0 Å². The molecule has 0 atom stereocenters. The predicted molar refractivity (Wildman–Crippen MR) is 55.5 cm³/mol. The normalized spacial score (nSPS) is 18.8. The number of hydrogen-bond acceptors (Lipinski definition) is 4. The van der Waals surface area contributed by atoms with Gasteiger partial charge in [-0.2, -0.15) is 0 Å². The van der Waals surface area contributed by atoms with E-state index in [0.717, 1.165) is 6.07 Å². The lowest BCUT2D eigenvalue weighted by Gasteiger charge is -2.25. The molecule has 4 nitrogen and oxygen atoms in total. The van der Waals surface area contributed by atoms with Crippen molar-refractivity contribution >= 4 is 12.6 Å². The first-order valence-electron chi connectivity index (χ1n) is 4.97. The van der Waals surface area contributed by atoms with Crippen LogP contribution in [0.2, 0.25) is 0 Å². The van der Waals surface area contributed by atoms with Crippen molar-refractivity contribution < 1.29 is 23.9 Å². The highest BCUT2D eigenvalue weighted by molar-refractivity contribution is 6.59. The number of hydrogen-bond donors (Lipinski definition) is 2. The van der Waals surface area contributed by atoms with Gasteiger partial charge in [0.05, 0.1) is 13.2 Å². The zero-order valence-electron chi connectivity index (χ0n) is 8.81. The molecule has 6 heteroatoms. The van der Waals surface area contributed by atoms with E-state index in [1.54, 1.807) is 6.92 Å². The second-order valence-corrected chi connectivity index (χ2v) is 3.75. The van der Waals surface area contributed by atoms with Crippen molar-refractivity contribution in [2.24, 2.45) is 0 Å². The van der Waals surface area contributed by atoms with Crippen LogP contribution < -0.4 is 5.46 Å². The number of ether oxygens (including phenoxy) is 2. The lowest BCUT2D eigenvalue weighted by Crippen LogP contribution is -2.39. The van der Waals surface area contributed by atoms with Gasteiger partial charge in [0.25, 0.3) is 0 Å². The van der Waals surface area contributed by atoms with Crippen LogP contribution in [0.5, 0.6) is 0 Å². The van der Waals surface area contributed by atoms with E-state index in [2.05, 4.69) is 0 Å². The summed E-state index contributed by atoms with van der Waals surface area (Å²) in [4.78, 5) is 0. The first-order chi connectivity index (χ1) is 7.53. The third kappa shape index (κ3) is 1.97. The Morgan fingerprint density at radius 2 is 1.94 bits per heavy atom. The molecular weight excluding hydrogens is 214 g/mol. The highest BCUT2D eigenvalue weighted by Gasteiger charge is 2.37. The van der Waals surface area contributed by atoms with E-state index in [-0.39, 0.29) is 5.46 Å². The molecule has 0 bridgehead atoms. The zero-order valence-corrected chi connectivity index (χ0v) is 8.81. The first kappa shape index (κ1) is 11.5. The summed E-state index contributed by atoms with van der Waals surface area (Å²) in [6, 6.07) is 3.67. The first-order valence-corrected chi connectivity index (χ1v) is 4.97. The second kappa shape index (κ2) is 4.14. The summed E-state index contributed by atoms with van der Waals surface area (Å²) < 4.78 is 23.9. The van der Waals surface area contributed by atoms with Gasteiger partial charge in [0.15, 0.2) is 5.79 Å². The molecule has 1 aromatic carbocycles. The standard InChI is InChI=1S/C10H12BFO4/c1-10(15-4-5-16-10)8-6-7(12)2-3-9(8)11(13)14/h2-3,6,13-14H,4-5H2,1H3. The van der Waals surface area contributed by atoms with E-state index >= 15 is 0 Å². The molecule has 0 saturated carbocycles. The predicted octanol–water partition coefficient (Wildman–Crippen LogP) is -0.275. The van der Waals surface area contributed by atoms with Gasteiger partial charge in [-0.25, -0.2) is 4.39 Å². The SMILES string of the molecule is CC1(c2cc(F)ccc2B(O)O)OCCO1. The molecule has 1 aromatic rings. The average molecular weight is 226 g/mol. The van der Waals surface area contributed by atoms with Crippen molar-refractivity contribution in [2.45, 2.75) is 12.7 Å². The van der Waals surface area contributed by atoms with Crippen LogP contribution in [0.3, 0.4) is 0 Å². The minimum Gasteiger partial charge on any atom is -0.423 e. The fourth-order valence-corrected chi connectivity index (χ4v) is 1.82. The van der Waals surface area contributed by atoms with Crippen LogP contribution in [0.1, 0.15) is 12.5 Å². The smallest absolute Gasteiger partial charge is 0.423 e. The fourth-order valence-electron chi connectivity index (χ4n) is 1.82. The molecule has 0 unspecified atom stereocenters. The minimum absolute atomic E-state index is 0.186. The van der Waals surface area contributed by atoms with Gasteiger partial charge in [0.2, 0.25) is 0 Å². The topological polar surface area (TPSA) is 58.9 Å². The van der Waals surface area contributed by atoms with Crippen LogP contribution in [0, 0.1) is 5.82 Å². The molecule has 1 fully saturated rings. The second-order valence-electron chi connectivity index (χ2n) is 3.75. The maximum absolute atomic E-state index is 13.2. The van der Waals surface area contributed by atoms with E-state index in [9.17, 15) is 14.4 Å².